The number of amides is 2. The van der Waals surface area contributed by atoms with Gasteiger partial charge in [-0.15, -0.1) is 0 Å². The van der Waals surface area contributed by atoms with Crippen LogP contribution in [-0.2, 0) is 21.5 Å². The van der Waals surface area contributed by atoms with E-state index in [2.05, 4.69) is 38.3 Å². The Kier molecular flexibility index (Phi) is 7.45. The van der Waals surface area contributed by atoms with E-state index in [9.17, 15) is 13.2 Å². The molecule has 9 rings (SSSR count). The quantitative estimate of drug-likeness (QED) is 0.382. The molecule has 6 aliphatic rings. The van der Waals surface area contributed by atoms with Crippen molar-refractivity contribution in [1.82, 2.24) is 23.4 Å². The highest BCUT2D eigenvalue weighted by atomic mass is 32.2. The zero-order valence-corrected chi connectivity index (χ0v) is 29.4. The van der Waals surface area contributed by atoms with Gasteiger partial charge in [-0.05, 0) is 99.4 Å². The molecule has 11 heteroatoms. The average molecular weight is 686 g/mol. The third-order valence-electron chi connectivity index (χ3n) is 12.7. The van der Waals surface area contributed by atoms with Crippen LogP contribution in [-0.4, -0.2) is 91.3 Å². The number of rotatable bonds is 6. The molecule has 2 aliphatic carbocycles. The number of nitrogens with one attached hydrogen (secondary N) is 1. The van der Waals surface area contributed by atoms with Crippen LogP contribution in [0.25, 0.3) is 22.2 Å². The number of benzene rings is 2. The normalized spacial score (nSPS) is 28.5. The molecule has 260 valence electrons. The summed E-state index contributed by atoms with van der Waals surface area (Å²) < 4.78 is 38.0. The van der Waals surface area contributed by atoms with E-state index in [0.717, 1.165) is 85.9 Å². The molecule has 2 bridgehead atoms. The van der Waals surface area contributed by atoms with Crippen LogP contribution in [0.1, 0.15) is 97.5 Å². The van der Waals surface area contributed by atoms with E-state index in [0.29, 0.717) is 31.1 Å². The van der Waals surface area contributed by atoms with Crippen molar-refractivity contribution in [2.24, 2.45) is 5.41 Å². The van der Waals surface area contributed by atoms with Crippen molar-refractivity contribution in [1.29, 1.82) is 0 Å². The molecule has 3 saturated heterocycles. The highest BCUT2D eigenvalue weighted by molar-refractivity contribution is 7.87. The second-order valence-corrected chi connectivity index (χ2v) is 17.3. The lowest BCUT2D eigenvalue weighted by atomic mass is 9.81. The minimum absolute atomic E-state index is 0.0791. The molecular weight excluding hydrogens is 639 g/mol. The number of hydrogen-bond acceptors (Lipinski definition) is 6. The molecule has 4 aliphatic heterocycles. The van der Waals surface area contributed by atoms with Gasteiger partial charge >= 0.3 is 10.2 Å². The van der Waals surface area contributed by atoms with Crippen LogP contribution in [0.5, 0.6) is 5.75 Å². The summed E-state index contributed by atoms with van der Waals surface area (Å²) in [6, 6.07) is 12.5. The van der Waals surface area contributed by atoms with Gasteiger partial charge in [0.2, 0.25) is 5.91 Å². The van der Waals surface area contributed by atoms with Gasteiger partial charge in [-0.2, -0.15) is 12.7 Å². The summed E-state index contributed by atoms with van der Waals surface area (Å²) in [5.74, 6) is 0.897. The molecule has 0 spiro atoms. The number of aromatic nitrogens is 1. The maximum Gasteiger partial charge on any atom is 0.304 e. The van der Waals surface area contributed by atoms with Crippen molar-refractivity contribution in [3.63, 3.8) is 0 Å². The van der Waals surface area contributed by atoms with Crippen molar-refractivity contribution in [3.8, 4) is 17.0 Å². The summed E-state index contributed by atoms with van der Waals surface area (Å²) in [5, 5.41) is 1.10. The van der Waals surface area contributed by atoms with Crippen molar-refractivity contribution in [2.45, 2.75) is 94.7 Å². The molecule has 5 heterocycles. The summed E-state index contributed by atoms with van der Waals surface area (Å²) in [5.41, 5.74) is 5.43. The first-order valence-corrected chi connectivity index (χ1v) is 19.8. The number of hydrogen-bond donors (Lipinski definition) is 1. The molecule has 0 radical (unpaired) electrons. The first-order chi connectivity index (χ1) is 23.7. The molecule has 1 N–H and O–H groups in total. The number of carbonyl (C=O) groups is 2. The van der Waals surface area contributed by atoms with Crippen LogP contribution in [0.2, 0.25) is 0 Å². The lowest BCUT2D eigenvalue weighted by molar-refractivity contribution is -0.143. The van der Waals surface area contributed by atoms with Gasteiger partial charge < -0.3 is 19.1 Å². The molecule has 5 fully saturated rings. The average Bonchev–Trinajstić information content (AvgIpc) is 3.33. The Morgan fingerprint density at radius 3 is 2.37 bits per heavy atom. The van der Waals surface area contributed by atoms with E-state index in [1.807, 2.05) is 18.2 Å². The van der Waals surface area contributed by atoms with E-state index in [4.69, 9.17) is 4.74 Å². The van der Waals surface area contributed by atoms with Gasteiger partial charge in [0.15, 0.2) is 0 Å². The fraction of sp³-hybridized carbons (Fsp3) is 0.579. The number of nitrogens with zero attached hydrogens (tertiary/aromatic N) is 4. The summed E-state index contributed by atoms with van der Waals surface area (Å²) in [4.78, 5) is 33.3. The Morgan fingerprint density at radius 2 is 1.65 bits per heavy atom. The minimum atomic E-state index is -3.92. The number of fused-ring (bicyclic) bond motifs is 9. The largest absolute Gasteiger partial charge is 0.497 e. The first-order valence-electron chi connectivity index (χ1n) is 18.4. The van der Waals surface area contributed by atoms with Crippen molar-refractivity contribution < 1.29 is 22.7 Å². The maximum absolute atomic E-state index is 15.0. The lowest BCUT2D eigenvalue weighted by Crippen LogP contribution is -2.57. The summed E-state index contributed by atoms with van der Waals surface area (Å²) in [7, 11) is -0.0626. The van der Waals surface area contributed by atoms with Gasteiger partial charge in [0.1, 0.15) is 5.75 Å². The smallest absolute Gasteiger partial charge is 0.304 e. The van der Waals surface area contributed by atoms with Gasteiger partial charge in [0.05, 0.1) is 18.2 Å². The maximum atomic E-state index is 15.0. The molecule has 1 aromatic heterocycles. The minimum Gasteiger partial charge on any atom is -0.497 e. The number of piperazine rings is 1. The van der Waals surface area contributed by atoms with Crippen molar-refractivity contribution in [2.75, 3.05) is 40.3 Å². The van der Waals surface area contributed by atoms with Crippen LogP contribution in [0.3, 0.4) is 0 Å². The fourth-order valence-corrected chi connectivity index (χ4v) is 11.5. The van der Waals surface area contributed by atoms with E-state index in [-0.39, 0.29) is 23.9 Å². The Bertz CT molecular complexity index is 1950. The second-order valence-electron chi connectivity index (χ2n) is 15.6. The van der Waals surface area contributed by atoms with Crippen LogP contribution in [0.15, 0.2) is 36.4 Å². The predicted octanol–water partition coefficient (Wildman–Crippen LogP) is 5.23. The van der Waals surface area contributed by atoms with Crippen LogP contribution in [0.4, 0.5) is 0 Å². The van der Waals surface area contributed by atoms with Gasteiger partial charge in [-0.1, -0.05) is 25.3 Å². The second kappa shape index (κ2) is 11.6. The number of ether oxygens (including phenoxy) is 1. The number of likely N-dealkylation sites (N-methyl/N-ethyl adjacent to an activating group) is 1. The predicted molar refractivity (Wildman–Crippen MR) is 188 cm³/mol. The molecule has 3 aromatic rings. The number of methoxy groups -OCH3 is 1. The van der Waals surface area contributed by atoms with Gasteiger partial charge in [-0.25, -0.2) is 4.72 Å². The van der Waals surface area contributed by atoms with E-state index >= 15 is 4.79 Å². The monoisotopic (exact) mass is 685 g/mol. The van der Waals surface area contributed by atoms with Crippen molar-refractivity contribution >= 4 is 32.9 Å². The summed E-state index contributed by atoms with van der Waals surface area (Å²) in [6.07, 6.45) is 10.3. The van der Waals surface area contributed by atoms with Crippen LogP contribution in [0, 0.1) is 5.41 Å². The Balaban J connectivity index is 1.20. The van der Waals surface area contributed by atoms with E-state index in [1.165, 1.54) is 34.7 Å². The van der Waals surface area contributed by atoms with Crippen LogP contribution < -0.4 is 9.46 Å². The van der Waals surface area contributed by atoms with Gasteiger partial charge in [-0.3, -0.25) is 9.59 Å². The molecule has 49 heavy (non-hydrogen) atoms. The molecule has 2 aromatic carbocycles. The highest BCUT2D eigenvalue weighted by Gasteiger charge is 2.65. The summed E-state index contributed by atoms with van der Waals surface area (Å²) in [6.45, 7) is 3.21. The van der Waals surface area contributed by atoms with Gasteiger partial charge in [0, 0.05) is 72.8 Å². The lowest BCUT2D eigenvalue weighted by Gasteiger charge is -2.41. The Morgan fingerprint density at radius 1 is 0.918 bits per heavy atom. The third kappa shape index (κ3) is 4.97. The number of likely N-dealkylation sites (tertiary alicyclic amines) is 1. The Labute approximate surface area is 288 Å². The highest BCUT2D eigenvalue weighted by Crippen LogP contribution is 2.66. The zero-order chi connectivity index (χ0) is 33.7. The summed E-state index contributed by atoms with van der Waals surface area (Å²) >= 11 is 0. The standard InChI is InChI=1S/C38H47N5O5S/c1-40-21-26-11-12-27(22-40)43(26)37(45)38-20-32(38)31-19-28(48-2)13-15-29(31)35-34(24-8-4-3-5-9-24)30-14-10-25(18-33(30)42(35)23-38)36(44)39-49(46,47)41-16-6-7-17-41/h10,13-15,18-19,24,26-27,32H,3-9,11-12,16-17,20-23H2,1-2H3,(H,39,44). The fourth-order valence-electron chi connectivity index (χ4n) is 10.3. The molecule has 4 atom stereocenters. The van der Waals surface area contributed by atoms with E-state index in [1.54, 1.807) is 13.2 Å². The SMILES string of the molecule is COc1ccc2c(c1)C1CC1(C(=O)N1C3CCC1CN(C)C3)Cn1c-2c(C2CCCCC2)c2ccc(C(=O)NS(=O)(=O)N3CCCC3)cc21. The van der Waals surface area contributed by atoms with E-state index < -0.39 is 21.5 Å². The molecule has 10 nitrogen and oxygen atoms in total. The molecular formula is C38H47N5O5S. The molecule has 4 unspecified atom stereocenters. The number of carbonyl (C=O) groups excluding carboxylic acids is 2. The third-order valence-corrected chi connectivity index (χ3v) is 14.2. The first kappa shape index (κ1) is 31.6. The molecule has 2 saturated carbocycles. The van der Waals surface area contributed by atoms with Crippen LogP contribution >= 0.6 is 0 Å². The molecule has 2 amide bonds. The topological polar surface area (TPSA) is 104 Å². The zero-order valence-electron chi connectivity index (χ0n) is 28.6. The van der Waals surface area contributed by atoms with Crippen molar-refractivity contribution in [3.05, 3.63) is 53.1 Å². The Hall–Kier alpha value is -3.41. The van der Waals surface area contributed by atoms with Gasteiger partial charge in [0.25, 0.3) is 5.91 Å².